The van der Waals surface area contributed by atoms with Gasteiger partial charge in [-0.15, -0.1) is 0 Å². The van der Waals surface area contributed by atoms with Crippen LogP contribution in [0.5, 0.6) is 0 Å². The van der Waals surface area contributed by atoms with E-state index in [1.807, 2.05) is 0 Å². The van der Waals surface area contributed by atoms with E-state index < -0.39 is 11.8 Å². The molecule has 0 aromatic carbocycles. The van der Waals surface area contributed by atoms with Crippen LogP contribution in [0.3, 0.4) is 0 Å². The molecule has 1 aliphatic heterocycles. The van der Waals surface area contributed by atoms with Crippen molar-refractivity contribution in [2.75, 3.05) is 13.7 Å². The number of carboxylic acid groups (broad SMARTS) is 1. The lowest BCUT2D eigenvalue weighted by Gasteiger charge is -2.32. The van der Waals surface area contributed by atoms with Crippen LogP contribution in [0.2, 0.25) is 0 Å². The fourth-order valence-electron chi connectivity index (χ4n) is 1.33. The molecule has 90 valence electrons. The molecule has 1 heterocycles. The highest BCUT2D eigenvalue weighted by Gasteiger charge is 2.45. The van der Waals surface area contributed by atoms with Gasteiger partial charge in [0.2, 0.25) is 5.91 Å². The van der Waals surface area contributed by atoms with Crippen molar-refractivity contribution in [1.29, 1.82) is 0 Å². The van der Waals surface area contributed by atoms with Crippen molar-refractivity contribution in [2.45, 2.75) is 19.1 Å². The third kappa shape index (κ3) is 2.31. The zero-order chi connectivity index (χ0) is 12.3. The normalized spacial score (nSPS) is 25.4. The van der Waals surface area contributed by atoms with Crippen molar-refractivity contribution in [3.8, 4) is 0 Å². The van der Waals surface area contributed by atoms with Crippen LogP contribution in [0.15, 0.2) is 11.5 Å². The summed E-state index contributed by atoms with van der Waals surface area (Å²) in [6.07, 6.45) is -0.353. The molecule has 1 amide bonds. The van der Waals surface area contributed by atoms with Crippen molar-refractivity contribution >= 4 is 11.9 Å². The second-order valence-electron chi connectivity index (χ2n) is 3.33. The number of hydrogen-bond donors (Lipinski definition) is 3. The summed E-state index contributed by atoms with van der Waals surface area (Å²) in [5, 5.41) is 20.8. The van der Waals surface area contributed by atoms with Gasteiger partial charge in [-0.2, -0.15) is 0 Å². The van der Waals surface area contributed by atoms with Crippen LogP contribution in [0.1, 0.15) is 13.3 Å². The predicted molar refractivity (Wildman–Crippen MR) is 51.4 cm³/mol. The molecule has 1 atom stereocenters. The zero-order valence-electron chi connectivity index (χ0n) is 8.94. The van der Waals surface area contributed by atoms with Crippen molar-refractivity contribution in [2.24, 2.45) is 0 Å². The minimum absolute atomic E-state index is 0.154. The third-order valence-corrected chi connectivity index (χ3v) is 2.18. The monoisotopic (exact) mass is 231 g/mol. The highest BCUT2D eigenvalue weighted by molar-refractivity contribution is 5.77. The summed E-state index contributed by atoms with van der Waals surface area (Å²) < 4.78 is 9.74. The molecule has 0 aromatic heterocycles. The van der Waals surface area contributed by atoms with Gasteiger partial charge in [-0.25, -0.2) is 4.79 Å². The zero-order valence-corrected chi connectivity index (χ0v) is 8.94. The summed E-state index contributed by atoms with van der Waals surface area (Å²) in [5.41, 5.74) is 0.154. The first-order valence-corrected chi connectivity index (χ1v) is 4.52. The van der Waals surface area contributed by atoms with Crippen LogP contribution in [0, 0.1) is 0 Å². The number of hydrogen-bond acceptors (Lipinski definition) is 5. The van der Waals surface area contributed by atoms with Crippen LogP contribution in [0.25, 0.3) is 0 Å². The highest BCUT2D eigenvalue weighted by Crippen LogP contribution is 2.28. The Hall–Kier alpha value is -1.60. The van der Waals surface area contributed by atoms with Crippen LogP contribution in [-0.2, 0) is 19.1 Å². The lowest BCUT2D eigenvalue weighted by molar-refractivity contribution is -0.238. The van der Waals surface area contributed by atoms with Crippen LogP contribution in [-0.4, -0.2) is 41.6 Å². The molecule has 1 aliphatic rings. The quantitative estimate of drug-likeness (QED) is 0.618. The van der Waals surface area contributed by atoms with Gasteiger partial charge in [-0.3, -0.25) is 4.79 Å². The molecule has 0 radical (unpaired) electrons. The van der Waals surface area contributed by atoms with Crippen LogP contribution in [0.4, 0.5) is 0 Å². The smallest absolute Gasteiger partial charge is 0.364 e. The van der Waals surface area contributed by atoms with E-state index in [9.17, 15) is 14.7 Å². The van der Waals surface area contributed by atoms with E-state index in [1.165, 1.54) is 14.0 Å². The van der Waals surface area contributed by atoms with Crippen molar-refractivity contribution < 1.29 is 29.3 Å². The number of carboxylic acids is 1. The molecule has 1 rings (SSSR count). The number of methoxy groups -OCH3 is 1. The number of aliphatic hydroxyl groups excluding tert-OH is 1. The lowest BCUT2D eigenvalue weighted by Crippen LogP contribution is -2.48. The Morgan fingerprint density at radius 2 is 2.19 bits per heavy atom. The van der Waals surface area contributed by atoms with Gasteiger partial charge in [0.15, 0.2) is 0 Å². The Bertz CT molecular complexity index is 350. The lowest BCUT2D eigenvalue weighted by atomic mass is 10.1. The van der Waals surface area contributed by atoms with E-state index in [1.54, 1.807) is 0 Å². The molecule has 0 aliphatic carbocycles. The average Bonchev–Trinajstić information content (AvgIpc) is 2.20. The van der Waals surface area contributed by atoms with Crippen LogP contribution >= 0.6 is 0 Å². The summed E-state index contributed by atoms with van der Waals surface area (Å²) in [4.78, 5) is 21.7. The Morgan fingerprint density at radius 3 is 2.56 bits per heavy atom. The first-order chi connectivity index (χ1) is 7.41. The number of carbonyl (C=O) groups is 2. The third-order valence-electron chi connectivity index (χ3n) is 2.18. The maximum Gasteiger partial charge on any atom is 0.364 e. The van der Waals surface area contributed by atoms with Gasteiger partial charge in [0.1, 0.15) is 5.76 Å². The topological polar surface area (TPSA) is 105 Å². The molecule has 16 heavy (non-hydrogen) atoms. The highest BCUT2D eigenvalue weighted by atomic mass is 16.7. The minimum Gasteiger partial charge on any atom is -0.510 e. The molecular formula is C9H13NO6. The molecule has 0 saturated heterocycles. The molecule has 1 unspecified atom stereocenters. The fourth-order valence-corrected chi connectivity index (χ4v) is 1.33. The van der Waals surface area contributed by atoms with E-state index in [-0.39, 0.29) is 30.4 Å². The van der Waals surface area contributed by atoms with E-state index >= 15 is 0 Å². The second kappa shape index (κ2) is 4.50. The van der Waals surface area contributed by atoms with Gasteiger partial charge in [-0.05, 0) is 0 Å². The number of rotatable bonds is 3. The first kappa shape index (κ1) is 12.5. The molecule has 0 aromatic rings. The van der Waals surface area contributed by atoms with E-state index in [4.69, 9.17) is 14.6 Å². The first-order valence-electron chi connectivity index (χ1n) is 4.52. The number of aliphatic hydroxyl groups is 1. The molecule has 3 N–H and O–H groups in total. The Balaban J connectivity index is 2.88. The van der Waals surface area contributed by atoms with Crippen molar-refractivity contribution in [3.05, 3.63) is 11.5 Å². The summed E-state index contributed by atoms with van der Waals surface area (Å²) in [6.45, 7) is 1.04. The number of ether oxygens (including phenoxy) is 2. The molecule has 0 spiro atoms. The summed E-state index contributed by atoms with van der Waals surface area (Å²) in [5.74, 6) is -3.84. The van der Waals surface area contributed by atoms with E-state index in [0.717, 1.165) is 0 Å². The largest absolute Gasteiger partial charge is 0.510 e. The van der Waals surface area contributed by atoms with Crippen molar-refractivity contribution in [3.63, 3.8) is 0 Å². The summed E-state index contributed by atoms with van der Waals surface area (Å²) in [6, 6.07) is 0. The number of aliphatic carboxylic acids is 1. The Kier molecular flexibility index (Phi) is 3.51. The molecule has 0 fully saturated rings. The molecule has 0 bridgehead atoms. The molecule has 7 heteroatoms. The molecule has 0 saturated carbocycles. The number of nitrogens with one attached hydrogen (secondary N) is 1. The van der Waals surface area contributed by atoms with Gasteiger partial charge in [0.05, 0.1) is 18.7 Å². The summed E-state index contributed by atoms with van der Waals surface area (Å²) in [7, 11) is 1.17. The number of carbonyl (C=O) groups excluding carboxylic acids is 1. The predicted octanol–water partition coefficient (Wildman–Crippen LogP) is -0.260. The summed E-state index contributed by atoms with van der Waals surface area (Å²) >= 11 is 0. The standard InChI is InChI=1S/C9H13NO6/c1-5(11)10-6-4-16-9(15-2,8(13)14)3-7(6)12/h12H,3-4H2,1-2H3,(H,10,11)(H,13,14). The maximum absolute atomic E-state index is 10.9. The molecule has 7 nitrogen and oxygen atoms in total. The maximum atomic E-state index is 10.9. The SMILES string of the molecule is COC1(C(=O)O)CC(O)=C(NC(C)=O)CO1. The molecular weight excluding hydrogens is 218 g/mol. The van der Waals surface area contributed by atoms with Crippen molar-refractivity contribution in [1.82, 2.24) is 5.32 Å². The van der Waals surface area contributed by atoms with Gasteiger partial charge in [0, 0.05) is 14.0 Å². The van der Waals surface area contributed by atoms with Gasteiger partial charge < -0.3 is 25.0 Å². The fraction of sp³-hybridized carbons (Fsp3) is 0.556. The Morgan fingerprint density at radius 1 is 1.56 bits per heavy atom. The van der Waals surface area contributed by atoms with Crippen LogP contribution < -0.4 is 5.32 Å². The Labute approximate surface area is 91.7 Å². The minimum atomic E-state index is -1.88. The van der Waals surface area contributed by atoms with Gasteiger partial charge in [-0.1, -0.05) is 0 Å². The van der Waals surface area contributed by atoms with Gasteiger partial charge in [0.25, 0.3) is 5.79 Å². The van der Waals surface area contributed by atoms with E-state index in [0.29, 0.717) is 0 Å². The second-order valence-corrected chi connectivity index (χ2v) is 3.33. The average molecular weight is 231 g/mol. The van der Waals surface area contributed by atoms with E-state index in [2.05, 4.69) is 5.32 Å². The number of amides is 1. The van der Waals surface area contributed by atoms with Gasteiger partial charge >= 0.3 is 5.97 Å².